The van der Waals surface area contributed by atoms with Gasteiger partial charge in [-0.2, -0.15) is 0 Å². The van der Waals surface area contributed by atoms with Crippen molar-refractivity contribution in [2.24, 2.45) is 11.8 Å². The summed E-state index contributed by atoms with van der Waals surface area (Å²) in [5, 5.41) is 0. The molecule has 1 heteroatoms. The van der Waals surface area contributed by atoms with E-state index in [0.29, 0.717) is 0 Å². The van der Waals surface area contributed by atoms with Gasteiger partial charge in [-0.25, -0.2) is 0 Å². The van der Waals surface area contributed by atoms with Crippen LogP contribution in [0.2, 0.25) is 0 Å². The van der Waals surface area contributed by atoms with Gasteiger partial charge >= 0.3 is 0 Å². The zero-order chi connectivity index (χ0) is 20.9. The van der Waals surface area contributed by atoms with Crippen LogP contribution in [0.25, 0.3) is 0 Å². The fraction of sp³-hybridized carbons (Fsp3) is 1.00. The molecule has 0 saturated heterocycles. The van der Waals surface area contributed by atoms with Crippen molar-refractivity contribution in [3.63, 3.8) is 0 Å². The van der Waals surface area contributed by atoms with Crippen LogP contribution < -0.4 is 0 Å². The largest absolute Gasteiger partial charge is 0.303 e. The van der Waals surface area contributed by atoms with Crippen molar-refractivity contribution >= 4 is 0 Å². The average molecular weight is 396 g/mol. The lowest BCUT2D eigenvalue weighted by atomic mass is 10.0. The molecule has 0 rings (SSSR count). The topological polar surface area (TPSA) is 3.24 Å². The van der Waals surface area contributed by atoms with Crippen molar-refractivity contribution in [1.82, 2.24) is 4.90 Å². The summed E-state index contributed by atoms with van der Waals surface area (Å²) >= 11 is 0. The van der Waals surface area contributed by atoms with E-state index in [1.807, 2.05) is 0 Å². The van der Waals surface area contributed by atoms with Crippen molar-refractivity contribution in [3.05, 3.63) is 0 Å². The highest BCUT2D eigenvalue weighted by molar-refractivity contribution is 4.60. The second-order valence-corrected chi connectivity index (χ2v) is 10.2. The van der Waals surface area contributed by atoms with Crippen molar-refractivity contribution in [3.8, 4) is 0 Å². The van der Waals surface area contributed by atoms with Gasteiger partial charge in [-0.15, -0.1) is 0 Å². The van der Waals surface area contributed by atoms with Crippen LogP contribution in [-0.4, -0.2) is 24.5 Å². The third-order valence-electron chi connectivity index (χ3n) is 6.09. The van der Waals surface area contributed by atoms with Crippen LogP contribution >= 0.6 is 0 Å². The molecule has 0 aliphatic heterocycles. The van der Waals surface area contributed by atoms with Crippen LogP contribution in [0.15, 0.2) is 0 Å². The van der Waals surface area contributed by atoms with E-state index in [9.17, 15) is 0 Å². The minimum atomic E-state index is 0.886. The molecule has 0 fully saturated rings. The number of rotatable bonds is 22. The molecule has 0 bridgehead atoms. The molecule has 0 aliphatic rings. The molecule has 0 N–H and O–H groups in total. The van der Waals surface area contributed by atoms with E-state index in [-0.39, 0.29) is 0 Å². The van der Waals surface area contributed by atoms with Gasteiger partial charge in [-0.3, -0.25) is 0 Å². The van der Waals surface area contributed by atoms with Crippen molar-refractivity contribution in [2.45, 2.75) is 144 Å². The molecule has 0 atom stereocenters. The van der Waals surface area contributed by atoms with Crippen LogP contribution in [-0.2, 0) is 0 Å². The molecule has 28 heavy (non-hydrogen) atoms. The van der Waals surface area contributed by atoms with Gasteiger partial charge in [0, 0.05) is 0 Å². The summed E-state index contributed by atoms with van der Waals surface area (Å²) in [6.07, 6.45) is 24.4. The van der Waals surface area contributed by atoms with Crippen LogP contribution in [0.4, 0.5) is 0 Å². The number of unbranched alkanes of at least 4 members (excludes halogenated alkanes) is 12. The highest BCUT2D eigenvalue weighted by Gasteiger charge is 2.05. The van der Waals surface area contributed by atoms with E-state index in [2.05, 4.69) is 39.5 Å². The Morgan fingerprint density at radius 1 is 0.429 bits per heavy atom. The summed E-state index contributed by atoms with van der Waals surface area (Å²) in [5.41, 5.74) is 0. The first kappa shape index (κ1) is 28.0. The normalized spacial score (nSPS) is 12.0. The van der Waals surface area contributed by atoms with Gasteiger partial charge in [-0.1, -0.05) is 125 Å². The molecule has 0 aromatic rings. The number of nitrogens with zero attached hydrogens (tertiary/aromatic N) is 1. The SMILES string of the molecule is CCCCCN(CCCCCCCCC(C)C)CCCCCCCCC(C)C. The van der Waals surface area contributed by atoms with Crippen molar-refractivity contribution in [2.75, 3.05) is 19.6 Å². The van der Waals surface area contributed by atoms with E-state index < -0.39 is 0 Å². The van der Waals surface area contributed by atoms with Gasteiger partial charge in [0.2, 0.25) is 0 Å². The summed E-state index contributed by atoms with van der Waals surface area (Å²) in [7, 11) is 0. The van der Waals surface area contributed by atoms with E-state index in [4.69, 9.17) is 0 Å². The van der Waals surface area contributed by atoms with Crippen molar-refractivity contribution in [1.29, 1.82) is 0 Å². The lowest BCUT2D eigenvalue weighted by Crippen LogP contribution is -2.27. The Balaban J connectivity index is 3.67. The Morgan fingerprint density at radius 3 is 1.11 bits per heavy atom. The minimum absolute atomic E-state index is 0.886. The maximum absolute atomic E-state index is 2.78. The standard InChI is InChI=1S/C27H57N/c1-6-7-18-23-28(24-19-14-10-8-12-16-21-26(2)3)25-20-15-11-9-13-17-22-27(4)5/h26-27H,6-25H2,1-5H3. The van der Waals surface area contributed by atoms with Gasteiger partial charge in [0.25, 0.3) is 0 Å². The minimum Gasteiger partial charge on any atom is -0.303 e. The van der Waals surface area contributed by atoms with Crippen LogP contribution in [0.3, 0.4) is 0 Å². The summed E-state index contributed by atoms with van der Waals surface area (Å²) in [5.74, 6) is 1.77. The Hall–Kier alpha value is -0.0400. The lowest BCUT2D eigenvalue weighted by molar-refractivity contribution is 0.254. The van der Waals surface area contributed by atoms with Crippen LogP contribution in [0, 0.1) is 11.8 Å². The van der Waals surface area contributed by atoms with Gasteiger partial charge < -0.3 is 4.90 Å². The Bertz CT molecular complexity index is 260. The Morgan fingerprint density at radius 2 is 0.750 bits per heavy atom. The summed E-state index contributed by atoms with van der Waals surface area (Å²) < 4.78 is 0. The zero-order valence-corrected chi connectivity index (χ0v) is 20.7. The van der Waals surface area contributed by atoms with Gasteiger partial charge in [0.15, 0.2) is 0 Å². The molecule has 0 unspecified atom stereocenters. The Kier molecular flexibility index (Phi) is 21.6. The first-order valence-corrected chi connectivity index (χ1v) is 13.3. The smallest absolute Gasteiger partial charge is 0.00187 e. The number of hydrogen-bond acceptors (Lipinski definition) is 1. The first-order valence-electron chi connectivity index (χ1n) is 13.3. The molecule has 0 radical (unpaired) electrons. The molecule has 170 valence electrons. The van der Waals surface area contributed by atoms with Gasteiger partial charge in [0.05, 0.1) is 0 Å². The first-order chi connectivity index (χ1) is 13.6. The molecule has 1 nitrogen and oxygen atoms in total. The molecule has 0 spiro atoms. The monoisotopic (exact) mass is 395 g/mol. The van der Waals surface area contributed by atoms with E-state index in [1.165, 1.54) is 129 Å². The molecule has 0 aliphatic carbocycles. The molecule has 0 aromatic heterocycles. The third kappa shape index (κ3) is 22.3. The summed E-state index contributed by atoms with van der Waals surface area (Å²) in [4.78, 5) is 2.78. The predicted molar refractivity (Wildman–Crippen MR) is 130 cm³/mol. The molecule has 0 amide bonds. The average Bonchev–Trinajstić information content (AvgIpc) is 2.65. The molecule has 0 heterocycles. The van der Waals surface area contributed by atoms with Crippen LogP contribution in [0.5, 0.6) is 0 Å². The fourth-order valence-electron chi connectivity index (χ4n) is 4.11. The second-order valence-electron chi connectivity index (χ2n) is 10.2. The van der Waals surface area contributed by atoms with E-state index in [1.54, 1.807) is 0 Å². The molecule has 0 saturated carbocycles. The highest BCUT2D eigenvalue weighted by Crippen LogP contribution is 2.14. The molecular formula is C27H57N. The van der Waals surface area contributed by atoms with Crippen LogP contribution in [0.1, 0.15) is 144 Å². The maximum Gasteiger partial charge on any atom is -0.00187 e. The van der Waals surface area contributed by atoms with E-state index >= 15 is 0 Å². The molecular weight excluding hydrogens is 338 g/mol. The highest BCUT2D eigenvalue weighted by atomic mass is 15.1. The maximum atomic E-state index is 2.78. The fourth-order valence-corrected chi connectivity index (χ4v) is 4.11. The third-order valence-corrected chi connectivity index (χ3v) is 6.09. The second kappa shape index (κ2) is 21.7. The number of hydrogen-bond donors (Lipinski definition) is 0. The lowest BCUT2D eigenvalue weighted by Gasteiger charge is -2.22. The van der Waals surface area contributed by atoms with Crippen molar-refractivity contribution < 1.29 is 0 Å². The van der Waals surface area contributed by atoms with Gasteiger partial charge in [-0.05, 0) is 50.7 Å². The van der Waals surface area contributed by atoms with Gasteiger partial charge in [0.1, 0.15) is 0 Å². The molecule has 0 aromatic carbocycles. The summed E-state index contributed by atoms with van der Waals surface area (Å²) in [6, 6.07) is 0. The predicted octanol–water partition coefficient (Wildman–Crippen LogP) is 9.25. The summed E-state index contributed by atoms with van der Waals surface area (Å²) in [6.45, 7) is 15.8. The van der Waals surface area contributed by atoms with E-state index in [0.717, 1.165) is 11.8 Å². The quantitative estimate of drug-likeness (QED) is 0.165. The Labute approximate surface area is 180 Å². The zero-order valence-electron chi connectivity index (χ0n) is 20.7.